The minimum atomic E-state index is -0.572. The van der Waals surface area contributed by atoms with E-state index in [1.165, 1.54) is 0 Å². The van der Waals surface area contributed by atoms with Gasteiger partial charge in [-0.1, -0.05) is 13.2 Å². The van der Waals surface area contributed by atoms with E-state index in [0.717, 1.165) is 12.3 Å². The second-order valence-corrected chi connectivity index (χ2v) is 6.26. The Labute approximate surface area is 186 Å². The van der Waals surface area contributed by atoms with Crippen LogP contribution < -0.4 is 14.2 Å². The summed E-state index contributed by atoms with van der Waals surface area (Å²) in [4.78, 5) is 34.4. The number of carbonyl (C=O) groups is 3. The lowest BCUT2D eigenvalue weighted by atomic mass is 10.2. The first-order valence-electron chi connectivity index (χ1n) is 9.79. The molecule has 0 heterocycles. The Morgan fingerprint density at radius 1 is 0.781 bits per heavy atom. The van der Waals surface area contributed by atoms with Crippen LogP contribution in [0.3, 0.4) is 0 Å². The third-order valence-corrected chi connectivity index (χ3v) is 3.91. The van der Waals surface area contributed by atoms with Gasteiger partial charge in [0.1, 0.15) is 17.2 Å². The van der Waals surface area contributed by atoms with Crippen molar-refractivity contribution in [1.29, 1.82) is 0 Å². The number of carbonyl (C=O) groups excluding carboxylic acids is 3. The molecule has 8 nitrogen and oxygen atoms in total. The Balaban J connectivity index is 1.74. The molecule has 2 rings (SSSR count). The molecule has 0 aliphatic carbocycles. The molecule has 32 heavy (non-hydrogen) atoms. The second kappa shape index (κ2) is 13.3. The Kier molecular flexibility index (Phi) is 10.0. The average Bonchev–Trinajstić information content (AvgIpc) is 2.81. The molecule has 8 heteroatoms. The first-order valence-corrected chi connectivity index (χ1v) is 9.79. The van der Waals surface area contributed by atoms with Gasteiger partial charge in [-0.05, 0) is 61.4 Å². The molecule has 0 fully saturated rings. The zero-order valence-corrected chi connectivity index (χ0v) is 17.5. The van der Waals surface area contributed by atoms with E-state index in [-0.39, 0.29) is 6.61 Å². The highest BCUT2D eigenvalue weighted by atomic mass is 16.6. The van der Waals surface area contributed by atoms with Crippen LogP contribution in [-0.4, -0.2) is 37.7 Å². The molecule has 2 aromatic carbocycles. The standard InChI is InChI=1S/C24H24O8/c1-3-22(25)30-16-6-5-15-29-19-9-7-18(8-10-19)24(27)32-21-13-11-20(12-14-21)31-17-23(26)28-4-2/h3-4,7-14H,1-2,5-6,15-17H2. The van der Waals surface area contributed by atoms with E-state index < -0.39 is 17.9 Å². The van der Waals surface area contributed by atoms with Gasteiger partial charge < -0.3 is 23.7 Å². The number of esters is 3. The molecule has 0 radical (unpaired) electrons. The Morgan fingerprint density at radius 3 is 2.03 bits per heavy atom. The van der Waals surface area contributed by atoms with Crippen LogP contribution >= 0.6 is 0 Å². The third-order valence-electron chi connectivity index (χ3n) is 3.91. The molecule has 0 spiro atoms. The first kappa shape index (κ1) is 24.2. The molecule has 0 aliphatic rings. The van der Waals surface area contributed by atoms with Gasteiger partial charge in [0.05, 0.1) is 25.0 Å². The van der Waals surface area contributed by atoms with E-state index in [4.69, 9.17) is 18.9 Å². The number of benzene rings is 2. The van der Waals surface area contributed by atoms with Gasteiger partial charge in [0, 0.05) is 6.08 Å². The van der Waals surface area contributed by atoms with Crippen LogP contribution in [0.1, 0.15) is 23.2 Å². The van der Waals surface area contributed by atoms with Gasteiger partial charge in [0.15, 0.2) is 6.61 Å². The van der Waals surface area contributed by atoms with Crippen molar-refractivity contribution in [3.05, 3.63) is 79.6 Å². The van der Waals surface area contributed by atoms with Crippen molar-refractivity contribution in [2.24, 2.45) is 0 Å². The molecule has 0 saturated heterocycles. The van der Waals surface area contributed by atoms with Crippen molar-refractivity contribution < 1.29 is 38.1 Å². The van der Waals surface area contributed by atoms with Crippen molar-refractivity contribution in [3.63, 3.8) is 0 Å². The highest BCUT2D eigenvalue weighted by Crippen LogP contribution is 2.20. The first-order chi connectivity index (χ1) is 15.5. The van der Waals surface area contributed by atoms with Crippen LogP contribution in [-0.2, 0) is 19.1 Å². The smallest absolute Gasteiger partial charge is 0.348 e. The van der Waals surface area contributed by atoms with Gasteiger partial charge in [-0.25, -0.2) is 14.4 Å². The van der Waals surface area contributed by atoms with E-state index in [2.05, 4.69) is 17.9 Å². The Morgan fingerprint density at radius 2 is 1.38 bits per heavy atom. The molecule has 0 N–H and O–H groups in total. The van der Waals surface area contributed by atoms with E-state index in [9.17, 15) is 14.4 Å². The molecular formula is C24H24O8. The van der Waals surface area contributed by atoms with E-state index in [1.54, 1.807) is 48.5 Å². The van der Waals surface area contributed by atoms with E-state index in [1.807, 2.05) is 0 Å². The van der Waals surface area contributed by atoms with Gasteiger partial charge in [0.25, 0.3) is 0 Å². The molecule has 0 unspecified atom stereocenters. The maximum atomic E-state index is 12.3. The third kappa shape index (κ3) is 8.74. The van der Waals surface area contributed by atoms with Crippen LogP contribution in [0.4, 0.5) is 0 Å². The molecular weight excluding hydrogens is 416 g/mol. The van der Waals surface area contributed by atoms with Crippen LogP contribution in [0, 0.1) is 0 Å². The predicted molar refractivity (Wildman–Crippen MR) is 116 cm³/mol. The van der Waals surface area contributed by atoms with Crippen molar-refractivity contribution in [2.45, 2.75) is 12.8 Å². The lowest BCUT2D eigenvalue weighted by Crippen LogP contribution is -2.12. The maximum absolute atomic E-state index is 12.3. The average molecular weight is 440 g/mol. The minimum Gasteiger partial charge on any atom is -0.494 e. The fourth-order valence-electron chi connectivity index (χ4n) is 2.35. The Bertz CT molecular complexity index is 916. The number of hydrogen-bond donors (Lipinski definition) is 0. The van der Waals surface area contributed by atoms with Gasteiger partial charge in [-0.2, -0.15) is 0 Å². The topological polar surface area (TPSA) is 97.4 Å². The monoisotopic (exact) mass is 440 g/mol. The molecule has 0 aromatic heterocycles. The summed E-state index contributed by atoms with van der Waals surface area (Å²) in [6.07, 6.45) is 3.54. The Hall–Kier alpha value is -4.07. The lowest BCUT2D eigenvalue weighted by molar-refractivity contribution is -0.140. The van der Waals surface area contributed by atoms with Crippen molar-refractivity contribution in [3.8, 4) is 17.2 Å². The molecule has 2 aromatic rings. The summed E-state index contributed by atoms with van der Waals surface area (Å²) in [5.74, 6) is -0.176. The fraction of sp³-hybridized carbons (Fsp3) is 0.208. The quantitative estimate of drug-likeness (QED) is 0.152. The lowest BCUT2D eigenvalue weighted by Gasteiger charge is -2.08. The van der Waals surface area contributed by atoms with Gasteiger partial charge >= 0.3 is 17.9 Å². The maximum Gasteiger partial charge on any atom is 0.348 e. The fourth-order valence-corrected chi connectivity index (χ4v) is 2.35. The van der Waals surface area contributed by atoms with Crippen LogP contribution in [0.25, 0.3) is 0 Å². The minimum absolute atomic E-state index is 0.262. The number of rotatable bonds is 13. The van der Waals surface area contributed by atoms with Gasteiger partial charge in [0.2, 0.25) is 0 Å². The predicted octanol–water partition coefficient (Wildman–Crippen LogP) is 3.86. The summed E-state index contributed by atoms with van der Waals surface area (Å²) in [5, 5.41) is 0. The molecule has 168 valence electrons. The van der Waals surface area contributed by atoms with Crippen LogP contribution in [0.5, 0.6) is 17.2 Å². The number of unbranched alkanes of at least 4 members (excludes halogenated alkanes) is 1. The highest BCUT2D eigenvalue weighted by molar-refractivity contribution is 5.91. The number of ether oxygens (including phenoxy) is 5. The largest absolute Gasteiger partial charge is 0.494 e. The molecule has 0 atom stereocenters. The molecule has 0 bridgehead atoms. The zero-order valence-electron chi connectivity index (χ0n) is 17.5. The van der Waals surface area contributed by atoms with Crippen molar-refractivity contribution >= 4 is 17.9 Å². The van der Waals surface area contributed by atoms with E-state index >= 15 is 0 Å². The van der Waals surface area contributed by atoms with Crippen LogP contribution in [0.15, 0.2) is 74.0 Å². The summed E-state index contributed by atoms with van der Waals surface area (Å²) in [5.41, 5.74) is 0.362. The van der Waals surface area contributed by atoms with E-state index in [0.29, 0.717) is 48.9 Å². The zero-order chi connectivity index (χ0) is 23.2. The van der Waals surface area contributed by atoms with Gasteiger partial charge in [-0.3, -0.25) is 0 Å². The summed E-state index contributed by atoms with van der Waals surface area (Å²) < 4.78 is 25.6. The SMILES string of the molecule is C=COC(=O)COc1ccc(OC(=O)c2ccc(OCCCCOC(=O)C=C)cc2)cc1. The molecule has 0 saturated carbocycles. The normalized spacial score (nSPS) is 9.88. The number of hydrogen-bond acceptors (Lipinski definition) is 8. The van der Waals surface area contributed by atoms with Crippen molar-refractivity contribution in [2.75, 3.05) is 19.8 Å². The molecule has 0 aliphatic heterocycles. The highest BCUT2D eigenvalue weighted by Gasteiger charge is 2.10. The second-order valence-electron chi connectivity index (χ2n) is 6.26. The van der Waals surface area contributed by atoms with Crippen molar-refractivity contribution in [1.82, 2.24) is 0 Å². The molecule has 0 amide bonds. The summed E-state index contributed by atoms with van der Waals surface area (Å²) >= 11 is 0. The summed E-state index contributed by atoms with van der Waals surface area (Å²) in [6, 6.07) is 12.8. The van der Waals surface area contributed by atoms with Crippen LogP contribution in [0.2, 0.25) is 0 Å². The summed E-state index contributed by atoms with van der Waals surface area (Å²) in [7, 11) is 0. The summed E-state index contributed by atoms with van der Waals surface area (Å²) in [6.45, 7) is 7.11. The van der Waals surface area contributed by atoms with Gasteiger partial charge in [-0.15, -0.1) is 0 Å².